The number of piperidine rings is 1. The molecule has 1 N–H and O–H groups in total. The molecule has 0 bridgehead atoms. The van der Waals surface area contributed by atoms with Crippen LogP contribution in [0.1, 0.15) is 52.6 Å². The number of furan rings is 1. The zero-order valence-corrected chi connectivity index (χ0v) is 18.7. The van der Waals surface area contributed by atoms with Crippen LogP contribution in [-0.2, 0) is 0 Å². The zero-order chi connectivity index (χ0) is 20.5. The van der Waals surface area contributed by atoms with E-state index in [2.05, 4.69) is 23.2 Å². The molecule has 0 radical (unpaired) electrons. The third-order valence-electron chi connectivity index (χ3n) is 5.80. The summed E-state index contributed by atoms with van der Waals surface area (Å²) in [5.41, 5.74) is 1.16. The van der Waals surface area contributed by atoms with Gasteiger partial charge in [0.1, 0.15) is 16.4 Å². The third kappa shape index (κ3) is 4.37. The van der Waals surface area contributed by atoms with Crippen LogP contribution in [0.25, 0.3) is 10.1 Å². The summed E-state index contributed by atoms with van der Waals surface area (Å²) in [7, 11) is 0. The number of carbonyl (C=O) groups excluding carboxylic acids is 1. The number of aryl methyl sites for hydroxylation is 2. The maximum atomic E-state index is 13.0. The number of rotatable bonds is 5. The summed E-state index contributed by atoms with van der Waals surface area (Å²) >= 11 is 7.98. The van der Waals surface area contributed by atoms with Crippen LogP contribution in [0, 0.1) is 19.8 Å². The Kier molecular flexibility index (Phi) is 6.00. The summed E-state index contributed by atoms with van der Waals surface area (Å²) in [5.74, 6) is 2.44. The lowest BCUT2D eigenvalue weighted by atomic mass is 9.97. The second-order valence-electron chi connectivity index (χ2n) is 8.14. The van der Waals surface area contributed by atoms with Gasteiger partial charge in [-0.3, -0.25) is 9.69 Å². The molecule has 3 heterocycles. The SMILES string of the molecule is Cc1ccc2c(Cl)c(C(=O)NC[C@@H](c3ccc(C)o3)N3CCC(C)CC3)sc2c1. The van der Waals surface area contributed by atoms with Crippen molar-refractivity contribution in [1.29, 1.82) is 0 Å². The number of amides is 1. The maximum absolute atomic E-state index is 13.0. The average molecular weight is 431 g/mol. The van der Waals surface area contributed by atoms with Gasteiger partial charge in [-0.1, -0.05) is 30.7 Å². The molecule has 1 amide bonds. The summed E-state index contributed by atoms with van der Waals surface area (Å²) in [6, 6.07) is 10.1. The summed E-state index contributed by atoms with van der Waals surface area (Å²) in [6.07, 6.45) is 2.34. The zero-order valence-electron chi connectivity index (χ0n) is 17.1. The summed E-state index contributed by atoms with van der Waals surface area (Å²) in [5, 5.41) is 4.60. The van der Waals surface area contributed by atoms with Crippen molar-refractivity contribution in [3.05, 3.63) is 57.3 Å². The van der Waals surface area contributed by atoms with Gasteiger partial charge in [0.15, 0.2) is 0 Å². The Labute approximate surface area is 180 Å². The molecule has 0 aliphatic carbocycles. The van der Waals surface area contributed by atoms with Gasteiger partial charge >= 0.3 is 0 Å². The molecule has 1 atom stereocenters. The van der Waals surface area contributed by atoms with E-state index in [0.717, 1.165) is 46.2 Å². The van der Waals surface area contributed by atoms with Crippen molar-refractivity contribution >= 4 is 38.9 Å². The molecule has 0 spiro atoms. The van der Waals surface area contributed by atoms with Gasteiger partial charge in [0.25, 0.3) is 5.91 Å². The van der Waals surface area contributed by atoms with Crippen LogP contribution in [0.5, 0.6) is 0 Å². The van der Waals surface area contributed by atoms with E-state index in [1.807, 2.05) is 38.1 Å². The average Bonchev–Trinajstić information content (AvgIpc) is 3.26. The van der Waals surface area contributed by atoms with Crippen LogP contribution in [0.2, 0.25) is 5.02 Å². The molecule has 3 aromatic rings. The molecular formula is C23H27ClN2O2S. The number of hydrogen-bond acceptors (Lipinski definition) is 4. The van der Waals surface area contributed by atoms with Gasteiger partial charge in [-0.2, -0.15) is 0 Å². The highest BCUT2D eigenvalue weighted by Gasteiger charge is 2.28. The predicted molar refractivity (Wildman–Crippen MR) is 120 cm³/mol. The maximum Gasteiger partial charge on any atom is 0.263 e. The van der Waals surface area contributed by atoms with Crippen LogP contribution in [0.4, 0.5) is 0 Å². The summed E-state index contributed by atoms with van der Waals surface area (Å²) in [6.45, 7) is 8.84. The Morgan fingerprint density at radius 2 is 2.03 bits per heavy atom. The fourth-order valence-corrected chi connectivity index (χ4v) is 5.50. The second-order valence-corrected chi connectivity index (χ2v) is 9.57. The normalized spacial score (nSPS) is 17.0. The van der Waals surface area contributed by atoms with E-state index in [4.69, 9.17) is 16.0 Å². The molecule has 1 aliphatic rings. The number of nitrogens with one attached hydrogen (secondary N) is 1. The Morgan fingerprint density at radius 3 is 2.72 bits per heavy atom. The van der Waals surface area contributed by atoms with Crippen molar-refractivity contribution in [2.45, 2.75) is 39.7 Å². The lowest BCUT2D eigenvalue weighted by Crippen LogP contribution is -2.41. The number of halogens is 1. The van der Waals surface area contributed by atoms with E-state index in [9.17, 15) is 4.79 Å². The molecule has 1 aliphatic heterocycles. The minimum absolute atomic E-state index is 0.0375. The molecular weight excluding hydrogens is 404 g/mol. The number of thiophene rings is 1. The molecule has 6 heteroatoms. The fraction of sp³-hybridized carbons (Fsp3) is 0.435. The number of benzene rings is 1. The lowest BCUT2D eigenvalue weighted by Gasteiger charge is -2.35. The van der Waals surface area contributed by atoms with Crippen LogP contribution < -0.4 is 5.32 Å². The Hall–Kier alpha value is -1.82. The van der Waals surface area contributed by atoms with Crippen molar-refractivity contribution in [2.75, 3.05) is 19.6 Å². The van der Waals surface area contributed by atoms with Crippen molar-refractivity contribution in [1.82, 2.24) is 10.2 Å². The standard InChI is InChI=1S/C23H27ClN2O2S/c1-14-8-10-26(11-9-14)18(19-7-5-16(3)28-19)13-25-23(27)22-21(24)17-6-4-15(2)12-20(17)29-22/h4-7,12,14,18H,8-11,13H2,1-3H3,(H,25,27)/t18-/m0/s1. The third-order valence-corrected chi connectivity index (χ3v) is 7.45. The predicted octanol–water partition coefficient (Wildman–Crippen LogP) is 5.97. The van der Waals surface area contributed by atoms with Crippen LogP contribution in [0.3, 0.4) is 0 Å². The highest BCUT2D eigenvalue weighted by atomic mass is 35.5. The molecule has 1 fully saturated rings. The van der Waals surface area contributed by atoms with E-state index < -0.39 is 0 Å². The largest absolute Gasteiger partial charge is 0.465 e. The molecule has 0 unspecified atom stereocenters. The van der Waals surface area contributed by atoms with Gasteiger partial charge < -0.3 is 9.73 Å². The summed E-state index contributed by atoms with van der Waals surface area (Å²) in [4.78, 5) is 16.0. The van der Waals surface area contributed by atoms with Gasteiger partial charge in [0.2, 0.25) is 0 Å². The first-order valence-electron chi connectivity index (χ1n) is 10.2. The van der Waals surface area contributed by atoms with Crippen LogP contribution in [0.15, 0.2) is 34.7 Å². The Bertz CT molecular complexity index is 1020. The number of hydrogen-bond donors (Lipinski definition) is 1. The minimum Gasteiger partial charge on any atom is -0.465 e. The molecule has 2 aromatic heterocycles. The van der Waals surface area contributed by atoms with Gasteiger partial charge in [0, 0.05) is 16.6 Å². The first kappa shape index (κ1) is 20.5. The minimum atomic E-state index is -0.118. The number of likely N-dealkylation sites (tertiary alicyclic amines) is 1. The van der Waals surface area contributed by atoms with Crippen molar-refractivity contribution in [3.8, 4) is 0 Å². The van der Waals surface area contributed by atoms with Crippen molar-refractivity contribution in [3.63, 3.8) is 0 Å². The van der Waals surface area contributed by atoms with Crippen LogP contribution in [-0.4, -0.2) is 30.4 Å². The Balaban J connectivity index is 1.52. The second kappa shape index (κ2) is 8.50. The van der Waals surface area contributed by atoms with Crippen molar-refractivity contribution in [2.24, 2.45) is 5.92 Å². The molecule has 1 aromatic carbocycles. The number of nitrogens with zero attached hydrogens (tertiary/aromatic N) is 1. The lowest BCUT2D eigenvalue weighted by molar-refractivity contribution is 0.0898. The van der Waals surface area contributed by atoms with E-state index in [-0.39, 0.29) is 11.9 Å². The molecule has 1 saturated heterocycles. The number of carbonyl (C=O) groups is 1. The smallest absolute Gasteiger partial charge is 0.263 e. The van der Waals surface area contributed by atoms with Crippen LogP contribution >= 0.6 is 22.9 Å². The van der Waals surface area contributed by atoms with Gasteiger partial charge in [-0.05, 0) is 69.5 Å². The molecule has 154 valence electrons. The quantitative estimate of drug-likeness (QED) is 0.542. The van der Waals surface area contributed by atoms with E-state index >= 15 is 0 Å². The monoisotopic (exact) mass is 430 g/mol. The van der Waals surface area contributed by atoms with Gasteiger partial charge in [-0.25, -0.2) is 0 Å². The Morgan fingerprint density at radius 1 is 1.28 bits per heavy atom. The molecule has 0 saturated carbocycles. The summed E-state index contributed by atoms with van der Waals surface area (Å²) < 4.78 is 6.98. The topological polar surface area (TPSA) is 45.5 Å². The fourth-order valence-electron chi connectivity index (χ4n) is 3.97. The highest BCUT2D eigenvalue weighted by molar-refractivity contribution is 7.21. The molecule has 4 rings (SSSR count). The van der Waals surface area contributed by atoms with Gasteiger partial charge in [-0.15, -0.1) is 11.3 Å². The van der Waals surface area contributed by atoms with E-state index in [0.29, 0.717) is 16.4 Å². The first-order valence-corrected chi connectivity index (χ1v) is 11.4. The first-order chi connectivity index (χ1) is 13.9. The van der Waals surface area contributed by atoms with Crippen molar-refractivity contribution < 1.29 is 9.21 Å². The van der Waals surface area contributed by atoms with E-state index in [1.54, 1.807) is 0 Å². The molecule has 29 heavy (non-hydrogen) atoms. The molecule has 4 nitrogen and oxygen atoms in total. The highest BCUT2D eigenvalue weighted by Crippen LogP contribution is 2.36. The number of fused-ring (bicyclic) bond motifs is 1. The van der Waals surface area contributed by atoms with Gasteiger partial charge in [0.05, 0.1) is 11.1 Å². The van der Waals surface area contributed by atoms with E-state index in [1.165, 1.54) is 24.2 Å².